The molecule has 0 aliphatic heterocycles. The number of carbonyl (C=O) groups is 1. The Morgan fingerprint density at radius 3 is 2.64 bits per heavy atom. The summed E-state index contributed by atoms with van der Waals surface area (Å²) >= 11 is 0. The van der Waals surface area contributed by atoms with Crippen LogP contribution in [0.15, 0.2) is 35.7 Å². The molecule has 2 aromatic rings. The van der Waals surface area contributed by atoms with Gasteiger partial charge in [0.2, 0.25) is 5.91 Å². The zero-order chi connectivity index (χ0) is 18.2. The summed E-state index contributed by atoms with van der Waals surface area (Å²) in [7, 11) is 3.45. The van der Waals surface area contributed by atoms with Crippen molar-refractivity contribution in [2.45, 2.75) is 20.4 Å². The Labute approximate surface area is 148 Å². The second-order valence-electron chi connectivity index (χ2n) is 5.71. The lowest BCUT2D eigenvalue weighted by Gasteiger charge is -2.14. The maximum absolute atomic E-state index is 11.7. The van der Waals surface area contributed by atoms with Crippen molar-refractivity contribution in [2.24, 2.45) is 4.99 Å². The smallest absolute Gasteiger partial charge is 0.241 e. The number of pyridine rings is 1. The Kier molecular flexibility index (Phi) is 6.50. The van der Waals surface area contributed by atoms with Crippen LogP contribution >= 0.6 is 0 Å². The van der Waals surface area contributed by atoms with E-state index < -0.39 is 0 Å². The Balaban J connectivity index is 1.99. The van der Waals surface area contributed by atoms with Gasteiger partial charge < -0.3 is 15.5 Å². The molecule has 1 amide bonds. The van der Waals surface area contributed by atoms with Gasteiger partial charge in [0.15, 0.2) is 5.96 Å². The van der Waals surface area contributed by atoms with Gasteiger partial charge in [-0.25, -0.2) is 15.0 Å². The summed E-state index contributed by atoms with van der Waals surface area (Å²) in [6.07, 6.45) is 5.43. The van der Waals surface area contributed by atoms with Crippen LogP contribution in [0, 0.1) is 6.92 Å². The summed E-state index contributed by atoms with van der Waals surface area (Å²) in [5.41, 5.74) is 0.984. The van der Waals surface area contributed by atoms with Gasteiger partial charge in [-0.2, -0.15) is 0 Å². The van der Waals surface area contributed by atoms with Crippen molar-refractivity contribution >= 4 is 11.9 Å². The quantitative estimate of drug-likeness (QED) is 0.596. The maximum Gasteiger partial charge on any atom is 0.241 e. The van der Waals surface area contributed by atoms with Crippen LogP contribution in [-0.2, 0) is 11.3 Å². The van der Waals surface area contributed by atoms with Crippen molar-refractivity contribution in [3.63, 3.8) is 0 Å². The van der Waals surface area contributed by atoms with Gasteiger partial charge in [0.1, 0.15) is 11.6 Å². The van der Waals surface area contributed by atoms with Gasteiger partial charge in [-0.15, -0.1) is 0 Å². The molecular weight excluding hydrogens is 318 g/mol. The summed E-state index contributed by atoms with van der Waals surface area (Å²) in [6, 6.07) is 3.93. The van der Waals surface area contributed by atoms with Crippen molar-refractivity contribution in [3.05, 3.63) is 42.1 Å². The highest BCUT2D eigenvalue weighted by molar-refractivity contribution is 5.86. The highest BCUT2D eigenvalue weighted by atomic mass is 16.2. The van der Waals surface area contributed by atoms with E-state index in [9.17, 15) is 4.79 Å². The molecule has 0 spiro atoms. The molecule has 0 aliphatic rings. The molecule has 0 fully saturated rings. The summed E-state index contributed by atoms with van der Waals surface area (Å²) in [6.45, 7) is 5.31. The van der Waals surface area contributed by atoms with Crippen LogP contribution in [0.3, 0.4) is 0 Å². The predicted octanol–water partition coefficient (Wildman–Crippen LogP) is 0.719. The number of aryl methyl sites for hydroxylation is 1. The molecule has 2 N–H and O–H groups in total. The first-order valence-electron chi connectivity index (χ1n) is 8.19. The number of hydrogen-bond acceptors (Lipinski definition) is 4. The highest BCUT2D eigenvalue weighted by Gasteiger charge is 2.06. The van der Waals surface area contributed by atoms with Crippen LogP contribution in [0.2, 0.25) is 0 Å². The van der Waals surface area contributed by atoms with Crippen molar-refractivity contribution < 1.29 is 4.79 Å². The first kappa shape index (κ1) is 18.4. The Bertz CT molecular complexity index is 719. The van der Waals surface area contributed by atoms with E-state index >= 15 is 0 Å². The average molecular weight is 343 g/mol. The van der Waals surface area contributed by atoms with E-state index in [1.165, 1.54) is 4.90 Å². The largest absolute Gasteiger partial charge is 0.357 e. The lowest BCUT2D eigenvalue weighted by Crippen LogP contribution is -2.42. The van der Waals surface area contributed by atoms with E-state index in [1.54, 1.807) is 26.5 Å². The molecule has 8 nitrogen and oxygen atoms in total. The van der Waals surface area contributed by atoms with Crippen molar-refractivity contribution in [1.82, 2.24) is 30.1 Å². The average Bonchev–Trinajstić information content (AvgIpc) is 3.03. The fourth-order valence-corrected chi connectivity index (χ4v) is 2.10. The third-order valence-corrected chi connectivity index (χ3v) is 3.55. The number of hydrogen-bond donors (Lipinski definition) is 2. The van der Waals surface area contributed by atoms with E-state index in [-0.39, 0.29) is 12.5 Å². The number of aromatic nitrogens is 3. The standard InChI is InChI=1S/C17H25N7O/c1-5-18-17(22-12-16(25)23(3)4)21-11-14-6-7-15(20-10-14)24-9-8-19-13(24)2/h6-10H,5,11-12H2,1-4H3,(H2,18,21,22). The number of guanidine groups is 1. The van der Waals surface area contributed by atoms with Gasteiger partial charge in [-0.1, -0.05) is 6.07 Å². The first-order valence-corrected chi connectivity index (χ1v) is 8.19. The number of carbonyl (C=O) groups excluding carboxylic acids is 1. The summed E-state index contributed by atoms with van der Waals surface area (Å²) in [5, 5.41) is 6.15. The van der Waals surface area contributed by atoms with Gasteiger partial charge in [0.25, 0.3) is 0 Å². The molecule has 0 atom stereocenters. The number of imidazole rings is 1. The zero-order valence-electron chi connectivity index (χ0n) is 15.2. The number of nitrogens with one attached hydrogen (secondary N) is 2. The van der Waals surface area contributed by atoms with Gasteiger partial charge in [-0.3, -0.25) is 9.36 Å². The Morgan fingerprint density at radius 1 is 1.28 bits per heavy atom. The number of nitrogens with zero attached hydrogens (tertiary/aromatic N) is 5. The van der Waals surface area contributed by atoms with E-state index in [2.05, 4.69) is 25.6 Å². The summed E-state index contributed by atoms with van der Waals surface area (Å²) in [5.74, 6) is 2.31. The number of amides is 1. The number of likely N-dealkylation sites (N-methyl/N-ethyl adjacent to an activating group) is 1. The lowest BCUT2D eigenvalue weighted by molar-refractivity contribution is -0.127. The van der Waals surface area contributed by atoms with Gasteiger partial charge in [0, 0.05) is 39.2 Å². The minimum absolute atomic E-state index is 0.00711. The van der Waals surface area contributed by atoms with Crippen LogP contribution in [0.4, 0.5) is 0 Å². The lowest BCUT2D eigenvalue weighted by atomic mass is 10.3. The van der Waals surface area contributed by atoms with E-state index in [4.69, 9.17) is 0 Å². The Morgan fingerprint density at radius 2 is 2.08 bits per heavy atom. The van der Waals surface area contributed by atoms with E-state index in [0.29, 0.717) is 12.5 Å². The van der Waals surface area contributed by atoms with Gasteiger partial charge in [-0.05, 0) is 25.5 Å². The Hall–Kier alpha value is -2.90. The monoisotopic (exact) mass is 343 g/mol. The molecule has 0 saturated heterocycles. The number of aliphatic imine (C=N–C) groups is 1. The minimum atomic E-state index is -0.00711. The minimum Gasteiger partial charge on any atom is -0.357 e. The second kappa shape index (κ2) is 8.81. The fraction of sp³-hybridized carbons (Fsp3) is 0.412. The highest BCUT2D eigenvalue weighted by Crippen LogP contribution is 2.08. The number of rotatable bonds is 6. The molecule has 134 valence electrons. The molecule has 2 aromatic heterocycles. The molecular formula is C17H25N7O. The molecule has 0 saturated carbocycles. The van der Waals surface area contributed by atoms with Crippen LogP contribution in [-0.4, -0.2) is 58.5 Å². The maximum atomic E-state index is 11.7. The topological polar surface area (TPSA) is 87.4 Å². The van der Waals surface area contributed by atoms with Crippen LogP contribution < -0.4 is 10.6 Å². The molecule has 0 radical (unpaired) electrons. The molecule has 0 bridgehead atoms. The predicted molar refractivity (Wildman–Crippen MR) is 97.6 cm³/mol. The molecule has 0 unspecified atom stereocenters. The molecule has 0 aromatic carbocycles. The van der Waals surface area contributed by atoms with E-state index in [1.807, 2.05) is 36.7 Å². The summed E-state index contributed by atoms with van der Waals surface area (Å²) in [4.78, 5) is 26.3. The molecule has 2 heterocycles. The first-order chi connectivity index (χ1) is 12.0. The van der Waals surface area contributed by atoms with Gasteiger partial charge >= 0.3 is 0 Å². The SMILES string of the molecule is CCNC(=NCc1ccc(-n2ccnc2C)nc1)NCC(=O)N(C)C. The van der Waals surface area contributed by atoms with Crippen molar-refractivity contribution in [2.75, 3.05) is 27.2 Å². The second-order valence-corrected chi connectivity index (χ2v) is 5.71. The van der Waals surface area contributed by atoms with Crippen LogP contribution in [0.5, 0.6) is 0 Å². The summed E-state index contributed by atoms with van der Waals surface area (Å²) < 4.78 is 1.92. The van der Waals surface area contributed by atoms with Crippen molar-refractivity contribution in [3.8, 4) is 5.82 Å². The normalized spacial score (nSPS) is 11.3. The van der Waals surface area contributed by atoms with Crippen molar-refractivity contribution in [1.29, 1.82) is 0 Å². The van der Waals surface area contributed by atoms with Crippen LogP contribution in [0.25, 0.3) is 5.82 Å². The van der Waals surface area contributed by atoms with Crippen LogP contribution in [0.1, 0.15) is 18.3 Å². The third-order valence-electron chi connectivity index (χ3n) is 3.55. The molecule has 25 heavy (non-hydrogen) atoms. The molecule has 8 heteroatoms. The van der Waals surface area contributed by atoms with E-state index in [0.717, 1.165) is 23.8 Å². The zero-order valence-corrected chi connectivity index (χ0v) is 15.2. The van der Waals surface area contributed by atoms with Gasteiger partial charge in [0.05, 0.1) is 13.1 Å². The molecule has 0 aliphatic carbocycles. The third kappa shape index (κ3) is 5.30. The molecule has 2 rings (SSSR count). The fourth-order valence-electron chi connectivity index (χ4n) is 2.10.